The number of carbonyl (C=O) groups is 1. The Kier molecular flexibility index (Phi) is 5.61. The SMILES string of the molecule is COCCCOc1cc2c(cc1Cl)-c1c(cc(C(=O)O)c(=O)n1C1CC1)[C@@H](C)S2(=O)=O. The minimum absolute atomic E-state index is 0.0236. The van der Waals surface area contributed by atoms with Gasteiger partial charge in [0.1, 0.15) is 11.3 Å². The van der Waals surface area contributed by atoms with Gasteiger partial charge in [0.15, 0.2) is 9.84 Å². The Balaban J connectivity index is 1.95. The molecule has 2 aliphatic rings. The van der Waals surface area contributed by atoms with Crippen LogP contribution in [0.3, 0.4) is 0 Å². The highest BCUT2D eigenvalue weighted by Gasteiger charge is 2.41. The van der Waals surface area contributed by atoms with Crippen LogP contribution in [0.2, 0.25) is 5.02 Å². The molecular weight excluding hydrogens is 446 g/mol. The Hall–Kier alpha value is -2.36. The zero-order valence-electron chi connectivity index (χ0n) is 17.1. The molecule has 1 aliphatic heterocycles. The van der Waals surface area contributed by atoms with Crippen LogP contribution in [-0.4, -0.2) is 44.4 Å². The third-order valence-electron chi connectivity index (χ3n) is 5.66. The van der Waals surface area contributed by atoms with Crippen molar-refractivity contribution < 1.29 is 27.8 Å². The van der Waals surface area contributed by atoms with E-state index >= 15 is 0 Å². The number of halogens is 1. The van der Waals surface area contributed by atoms with Crippen molar-refractivity contribution in [3.63, 3.8) is 0 Å². The standard InChI is InChI=1S/C21H22ClNO7S/c1-11-13-8-15(21(25)26)20(24)23(12-4-5-12)19(13)14-9-16(22)17(30-7-3-6-29-2)10-18(14)31(11,27)28/h8-12H,3-7H2,1-2H3,(H,25,26)/t11-/m1/s1. The number of aromatic carboxylic acids is 1. The molecule has 1 aromatic heterocycles. The van der Waals surface area contributed by atoms with Crippen LogP contribution in [0.25, 0.3) is 11.3 Å². The van der Waals surface area contributed by atoms with Crippen molar-refractivity contribution in [2.45, 2.75) is 42.4 Å². The Morgan fingerprint density at radius 2 is 1.97 bits per heavy atom. The lowest BCUT2D eigenvalue weighted by Crippen LogP contribution is -2.31. The third kappa shape index (κ3) is 3.64. The number of aromatic nitrogens is 1. The first-order valence-corrected chi connectivity index (χ1v) is 11.8. The van der Waals surface area contributed by atoms with Gasteiger partial charge in [-0.25, -0.2) is 13.2 Å². The summed E-state index contributed by atoms with van der Waals surface area (Å²) in [6.45, 7) is 2.29. The average Bonchev–Trinajstić information content (AvgIpc) is 3.54. The molecule has 4 rings (SSSR count). The second-order valence-electron chi connectivity index (χ2n) is 7.73. The molecule has 0 bridgehead atoms. The lowest BCUT2D eigenvalue weighted by atomic mass is 9.99. The predicted molar refractivity (Wildman–Crippen MR) is 114 cm³/mol. The zero-order valence-corrected chi connectivity index (χ0v) is 18.6. The Morgan fingerprint density at radius 3 is 2.58 bits per heavy atom. The number of fused-ring (bicyclic) bond motifs is 3. The summed E-state index contributed by atoms with van der Waals surface area (Å²) in [5.74, 6) is -1.14. The number of methoxy groups -OCH3 is 1. The summed E-state index contributed by atoms with van der Waals surface area (Å²) in [7, 11) is -2.28. The van der Waals surface area contributed by atoms with Crippen LogP contribution in [0.4, 0.5) is 0 Å². The molecule has 0 unspecified atom stereocenters. The summed E-state index contributed by atoms with van der Waals surface area (Å²) in [5, 5.41) is 8.68. The van der Waals surface area contributed by atoms with E-state index in [-0.39, 0.29) is 21.7 Å². The van der Waals surface area contributed by atoms with E-state index in [2.05, 4.69) is 0 Å². The molecule has 1 saturated carbocycles. The minimum Gasteiger partial charge on any atom is -0.492 e. The van der Waals surface area contributed by atoms with Gasteiger partial charge < -0.3 is 19.1 Å². The molecule has 1 N–H and O–H groups in total. The van der Waals surface area contributed by atoms with Gasteiger partial charge in [-0.2, -0.15) is 0 Å². The lowest BCUT2D eigenvalue weighted by molar-refractivity contribution is 0.0694. The lowest BCUT2D eigenvalue weighted by Gasteiger charge is -2.29. The summed E-state index contributed by atoms with van der Waals surface area (Å²) in [5.41, 5.74) is -0.0604. The highest BCUT2D eigenvalue weighted by Crippen LogP contribution is 2.49. The maximum absolute atomic E-state index is 13.3. The number of sulfone groups is 1. The molecule has 1 aromatic carbocycles. The van der Waals surface area contributed by atoms with E-state index in [0.717, 1.165) is 12.8 Å². The van der Waals surface area contributed by atoms with Crippen LogP contribution in [0, 0.1) is 0 Å². The highest BCUT2D eigenvalue weighted by atomic mass is 35.5. The number of ether oxygens (including phenoxy) is 2. The third-order valence-corrected chi connectivity index (χ3v) is 8.09. The van der Waals surface area contributed by atoms with Gasteiger partial charge in [0.2, 0.25) is 0 Å². The maximum atomic E-state index is 13.3. The monoisotopic (exact) mass is 467 g/mol. The van der Waals surface area contributed by atoms with Gasteiger partial charge in [0.05, 0.1) is 27.5 Å². The second kappa shape index (κ2) is 7.96. The van der Waals surface area contributed by atoms with Crippen molar-refractivity contribution in [1.29, 1.82) is 0 Å². The summed E-state index contributed by atoms with van der Waals surface area (Å²) < 4.78 is 38.7. The van der Waals surface area contributed by atoms with E-state index in [1.165, 1.54) is 29.7 Å². The second-order valence-corrected chi connectivity index (χ2v) is 10.4. The minimum atomic E-state index is -3.86. The van der Waals surface area contributed by atoms with Crippen molar-refractivity contribution in [1.82, 2.24) is 4.57 Å². The van der Waals surface area contributed by atoms with Gasteiger partial charge >= 0.3 is 5.97 Å². The predicted octanol–water partition coefficient (Wildman–Crippen LogP) is 3.47. The molecule has 1 aliphatic carbocycles. The fourth-order valence-corrected chi connectivity index (χ4v) is 5.74. The van der Waals surface area contributed by atoms with Gasteiger partial charge in [-0.15, -0.1) is 0 Å². The molecule has 2 aromatic rings. The van der Waals surface area contributed by atoms with Gasteiger partial charge in [0, 0.05) is 37.8 Å². The van der Waals surface area contributed by atoms with Crippen molar-refractivity contribution >= 4 is 27.4 Å². The first-order chi connectivity index (χ1) is 14.7. The fourth-order valence-electron chi connectivity index (χ4n) is 3.89. The largest absolute Gasteiger partial charge is 0.492 e. The number of hydrogen-bond acceptors (Lipinski definition) is 6. The Bertz CT molecular complexity index is 1230. The first kappa shape index (κ1) is 21.9. The summed E-state index contributed by atoms with van der Waals surface area (Å²) in [4.78, 5) is 24.6. The highest BCUT2D eigenvalue weighted by molar-refractivity contribution is 7.92. The van der Waals surface area contributed by atoms with Crippen LogP contribution in [0.15, 0.2) is 27.9 Å². The van der Waals surface area contributed by atoms with E-state index < -0.39 is 32.2 Å². The molecule has 8 nitrogen and oxygen atoms in total. The molecule has 1 atom stereocenters. The molecule has 0 radical (unpaired) electrons. The van der Waals surface area contributed by atoms with Crippen LogP contribution < -0.4 is 10.3 Å². The molecule has 1 fully saturated rings. The molecule has 0 saturated heterocycles. The number of nitrogens with zero attached hydrogens (tertiary/aromatic N) is 1. The van der Waals surface area contributed by atoms with Crippen molar-refractivity contribution in [2.24, 2.45) is 0 Å². The quantitative estimate of drug-likeness (QED) is 0.620. The topological polar surface area (TPSA) is 112 Å². The molecule has 2 heterocycles. The molecule has 0 amide bonds. The molecule has 10 heteroatoms. The van der Waals surface area contributed by atoms with Crippen LogP contribution in [0.1, 0.15) is 53.4 Å². The Morgan fingerprint density at radius 1 is 1.26 bits per heavy atom. The number of benzene rings is 1. The molecule has 0 spiro atoms. The van der Waals surface area contributed by atoms with Crippen molar-refractivity contribution in [3.05, 3.63) is 44.7 Å². The van der Waals surface area contributed by atoms with E-state index in [1.807, 2.05) is 0 Å². The van der Waals surface area contributed by atoms with E-state index in [9.17, 15) is 23.1 Å². The molecule has 166 valence electrons. The summed E-state index contributed by atoms with van der Waals surface area (Å²) in [6.07, 6.45) is 2.05. The van der Waals surface area contributed by atoms with Crippen LogP contribution in [-0.2, 0) is 14.6 Å². The number of pyridine rings is 1. The summed E-state index contributed by atoms with van der Waals surface area (Å²) in [6, 6.07) is 3.91. The smallest absolute Gasteiger partial charge is 0.341 e. The van der Waals surface area contributed by atoms with E-state index in [0.29, 0.717) is 36.5 Å². The Labute approximate surface area is 184 Å². The van der Waals surface area contributed by atoms with E-state index in [1.54, 1.807) is 7.11 Å². The van der Waals surface area contributed by atoms with Gasteiger partial charge in [-0.1, -0.05) is 11.6 Å². The normalized spacial score (nSPS) is 18.9. The fraction of sp³-hybridized carbons (Fsp3) is 0.429. The molecule has 31 heavy (non-hydrogen) atoms. The number of hydrogen-bond donors (Lipinski definition) is 1. The zero-order chi connectivity index (χ0) is 22.5. The van der Waals surface area contributed by atoms with Gasteiger partial charge in [-0.05, 0) is 37.5 Å². The van der Waals surface area contributed by atoms with Gasteiger partial charge in [0.25, 0.3) is 5.56 Å². The maximum Gasteiger partial charge on any atom is 0.341 e. The van der Waals surface area contributed by atoms with Crippen molar-refractivity contribution in [2.75, 3.05) is 20.3 Å². The van der Waals surface area contributed by atoms with Gasteiger partial charge in [-0.3, -0.25) is 4.79 Å². The summed E-state index contributed by atoms with van der Waals surface area (Å²) >= 11 is 6.41. The number of carboxylic acid groups (broad SMARTS) is 1. The molecular formula is C21H22ClNO7S. The van der Waals surface area contributed by atoms with Crippen LogP contribution in [0.5, 0.6) is 5.75 Å². The number of carboxylic acids is 1. The number of rotatable bonds is 7. The van der Waals surface area contributed by atoms with E-state index in [4.69, 9.17) is 21.1 Å². The van der Waals surface area contributed by atoms with Crippen molar-refractivity contribution in [3.8, 4) is 17.0 Å². The average molecular weight is 468 g/mol. The van der Waals surface area contributed by atoms with Crippen LogP contribution >= 0.6 is 11.6 Å². The first-order valence-electron chi connectivity index (χ1n) is 9.90.